The van der Waals surface area contributed by atoms with Gasteiger partial charge in [0.15, 0.2) is 5.65 Å². The van der Waals surface area contributed by atoms with Crippen molar-refractivity contribution in [2.24, 2.45) is 0 Å². The average Bonchev–Trinajstić information content (AvgIpc) is 3.33. The first kappa shape index (κ1) is 27.4. The highest BCUT2D eigenvalue weighted by Crippen LogP contribution is 2.33. The molecule has 0 fully saturated rings. The lowest BCUT2D eigenvalue weighted by molar-refractivity contribution is -0.120. The topological polar surface area (TPSA) is 117 Å². The predicted molar refractivity (Wildman–Crippen MR) is 150 cm³/mol. The van der Waals surface area contributed by atoms with E-state index in [0.717, 1.165) is 30.1 Å². The second-order valence-corrected chi connectivity index (χ2v) is 9.32. The molecule has 0 spiro atoms. The van der Waals surface area contributed by atoms with Crippen LogP contribution in [0.4, 0.5) is 11.6 Å². The van der Waals surface area contributed by atoms with Crippen molar-refractivity contribution in [2.75, 3.05) is 38.6 Å². The second kappa shape index (κ2) is 12.3. The summed E-state index contributed by atoms with van der Waals surface area (Å²) in [6, 6.07) is 8.47. The van der Waals surface area contributed by atoms with E-state index in [1.807, 2.05) is 6.07 Å². The first-order valence-corrected chi connectivity index (χ1v) is 12.9. The molecule has 1 aromatic carbocycles. The van der Waals surface area contributed by atoms with Gasteiger partial charge in [0.25, 0.3) is 5.56 Å². The van der Waals surface area contributed by atoms with Crippen molar-refractivity contribution in [3.05, 3.63) is 68.8 Å². The lowest BCUT2D eigenvalue weighted by atomic mass is 10.1. The number of pyridine rings is 1. The Labute approximate surface area is 229 Å². The highest BCUT2D eigenvalue weighted by molar-refractivity contribution is 6.39. The Bertz CT molecular complexity index is 1480. The number of anilines is 2. The van der Waals surface area contributed by atoms with Crippen molar-refractivity contribution in [1.82, 2.24) is 29.9 Å². The van der Waals surface area contributed by atoms with Crippen LogP contribution in [0.5, 0.6) is 0 Å². The number of carbonyl (C=O) groups excluding carboxylic acids is 1. The molecule has 4 aromatic rings. The number of likely N-dealkylation sites (N-methyl/N-ethyl adjacent to an activating group) is 1. The van der Waals surface area contributed by atoms with Crippen molar-refractivity contribution in [1.29, 1.82) is 0 Å². The molecular weight excluding hydrogens is 529 g/mol. The summed E-state index contributed by atoms with van der Waals surface area (Å²) >= 11 is 12.7. The quantitative estimate of drug-likeness (QED) is 0.256. The Morgan fingerprint density at radius 1 is 1.18 bits per heavy atom. The standard InChI is InChI=1S/C26H29Cl2N7O3/c1-4-34(5-2)10-9-29-22(36)13-17-12-18(15-30-17)32-26-31-14-16-11-19(23-20(27)7-6-8-21(23)28)25(37)35(38-3)24(16)33-26/h6-8,11-12,14-15,30H,4-5,9-10,13H2,1-3H3,(H,29,36)(H,31,32,33). The first-order valence-electron chi connectivity index (χ1n) is 12.2. The molecule has 0 unspecified atom stereocenters. The number of aromatic nitrogens is 4. The van der Waals surface area contributed by atoms with Gasteiger partial charge < -0.3 is 25.4 Å². The Morgan fingerprint density at radius 3 is 2.61 bits per heavy atom. The van der Waals surface area contributed by atoms with E-state index >= 15 is 0 Å². The third kappa shape index (κ3) is 6.09. The molecule has 200 valence electrons. The average molecular weight is 558 g/mol. The van der Waals surface area contributed by atoms with Crippen molar-refractivity contribution in [2.45, 2.75) is 20.3 Å². The van der Waals surface area contributed by atoms with Gasteiger partial charge in [-0.15, -0.1) is 4.73 Å². The number of halogens is 2. The Hall–Kier alpha value is -3.60. The zero-order valence-corrected chi connectivity index (χ0v) is 22.9. The maximum atomic E-state index is 13.2. The summed E-state index contributed by atoms with van der Waals surface area (Å²) in [6.45, 7) is 7.51. The summed E-state index contributed by atoms with van der Waals surface area (Å²) in [5.41, 5.74) is 1.89. The number of hydrogen-bond donors (Lipinski definition) is 3. The summed E-state index contributed by atoms with van der Waals surface area (Å²) < 4.78 is 1.07. The minimum atomic E-state index is -0.462. The van der Waals surface area contributed by atoms with Gasteiger partial charge in [0.1, 0.15) is 7.11 Å². The van der Waals surface area contributed by atoms with Crippen LogP contribution < -0.4 is 21.0 Å². The van der Waals surface area contributed by atoms with Gasteiger partial charge in [-0.1, -0.05) is 43.1 Å². The van der Waals surface area contributed by atoms with Crippen LogP contribution in [0, 0.1) is 0 Å². The SMILES string of the molecule is CCN(CC)CCNC(=O)Cc1cc(Nc2ncc3cc(-c4c(Cl)cccc4Cl)c(=O)n(OC)c3n2)c[nH]1. The first-order chi connectivity index (χ1) is 18.3. The Morgan fingerprint density at radius 2 is 1.92 bits per heavy atom. The number of aromatic amines is 1. The molecule has 3 heterocycles. The van der Waals surface area contributed by atoms with E-state index in [1.54, 1.807) is 36.7 Å². The van der Waals surface area contributed by atoms with Crippen LogP contribution in [-0.4, -0.2) is 63.8 Å². The van der Waals surface area contributed by atoms with E-state index in [0.29, 0.717) is 33.2 Å². The van der Waals surface area contributed by atoms with Gasteiger partial charge in [-0.05, 0) is 37.4 Å². The number of benzene rings is 1. The van der Waals surface area contributed by atoms with E-state index in [9.17, 15) is 9.59 Å². The van der Waals surface area contributed by atoms with Crippen LogP contribution >= 0.6 is 23.2 Å². The van der Waals surface area contributed by atoms with E-state index in [-0.39, 0.29) is 29.5 Å². The van der Waals surface area contributed by atoms with E-state index < -0.39 is 5.56 Å². The van der Waals surface area contributed by atoms with Crippen LogP contribution in [0.3, 0.4) is 0 Å². The maximum Gasteiger partial charge on any atom is 0.293 e. The highest BCUT2D eigenvalue weighted by atomic mass is 35.5. The molecule has 10 nitrogen and oxygen atoms in total. The normalized spacial score (nSPS) is 11.2. The maximum absolute atomic E-state index is 13.2. The zero-order chi connectivity index (χ0) is 27.2. The van der Waals surface area contributed by atoms with Gasteiger partial charge in [-0.3, -0.25) is 9.59 Å². The molecule has 4 rings (SSSR count). The largest absolute Gasteiger partial charge is 0.412 e. The van der Waals surface area contributed by atoms with Crippen LogP contribution in [0.25, 0.3) is 22.2 Å². The number of carbonyl (C=O) groups is 1. The van der Waals surface area contributed by atoms with Crippen molar-refractivity contribution < 1.29 is 9.63 Å². The van der Waals surface area contributed by atoms with Crippen LogP contribution in [-0.2, 0) is 11.2 Å². The molecule has 3 N–H and O–H groups in total. The van der Waals surface area contributed by atoms with E-state index in [4.69, 9.17) is 28.0 Å². The van der Waals surface area contributed by atoms with Gasteiger partial charge in [0.2, 0.25) is 11.9 Å². The van der Waals surface area contributed by atoms with Crippen molar-refractivity contribution >= 4 is 51.8 Å². The van der Waals surface area contributed by atoms with Crippen molar-refractivity contribution in [3.8, 4) is 11.1 Å². The Balaban J connectivity index is 1.51. The number of H-pyrrole nitrogens is 1. The molecule has 38 heavy (non-hydrogen) atoms. The number of hydrogen-bond acceptors (Lipinski definition) is 7. The van der Waals surface area contributed by atoms with Crippen molar-refractivity contribution in [3.63, 3.8) is 0 Å². The monoisotopic (exact) mass is 557 g/mol. The minimum Gasteiger partial charge on any atom is -0.412 e. The van der Waals surface area contributed by atoms with Crippen LogP contribution in [0.2, 0.25) is 10.0 Å². The zero-order valence-electron chi connectivity index (χ0n) is 21.3. The smallest absolute Gasteiger partial charge is 0.293 e. The summed E-state index contributed by atoms with van der Waals surface area (Å²) in [4.78, 5) is 45.1. The molecule has 0 bridgehead atoms. The molecular formula is C26H29Cl2N7O3. The van der Waals surface area contributed by atoms with Gasteiger partial charge in [0.05, 0.1) is 27.7 Å². The van der Waals surface area contributed by atoms with Gasteiger partial charge in [0, 0.05) is 42.1 Å². The fourth-order valence-corrected chi connectivity index (χ4v) is 4.71. The van der Waals surface area contributed by atoms with E-state index in [1.165, 1.54) is 7.11 Å². The second-order valence-electron chi connectivity index (χ2n) is 8.50. The van der Waals surface area contributed by atoms with Crippen LogP contribution in [0.15, 0.2) is 47.5 Å². The van der Waals surface area contributed by atoms with Crippen LogP contribution in [0.1, 0.15) is 19.5 Å². The van der Waals surface area contributed by atoms with E-state index in [2.05, 4.69) is 44.3 Å². The Kier molecular flexibility index (Phi) is 8.88. The highest BCUT2D eigenvalue weighted by Gasteiger charge is 2.18. The molecule has 0 saturated heterocycles. The molecule has 0 aliphatic carbocycles. The summed E-state index contributed by atoms with van der Waals surface area (Å²) in [5.74, 6) is 0.187. The van der Waals surface area contributed by atoms with Gasteiger partial charge in [-0.25, -0.2) is 4.98 Å². The fourth-order valence-electron chi connectivity index (χ4n) is 4.11. The lowest BCUT2D eigenvalue weighted by Gasteiger charge is -2.17. The van der Waals surface area contributed by atoms with Gasteiger partial charge >= 0.3 is 0 Å². The molecule has 3 aromatic heterocycles. The molecule has 1 amide bonds. The fraction of sp³-hybridized carbons (Fsp3) is 0.308. The number of fused-ring (bicyclic) bond motifs is 1. The number of amides is 1. The lowest BCUT2D eigenvalue weighted by Crippen LogP contribution is -2.35. The third-order valence-corrected chi connectivity index (χ3v) is 6.74. The molecule has 0 radical (unpaired) electrons. The molecule has 0 aliphatic rings. The van der Waals surface area contributed by atoms with Gasteiger partial charge in [-0.2, -0.15) is 4.98 Å². The molecule has 12 heteroatoms. The number of nitrogens with one attached hydrogen (secondary N) is 3. The molecule has 0 aliphatic heterocycles. The summed E-state index contributed by atoms with van der Waals surface area (Å²) in [7, 11) is 1.37. The predicted octanol–water partition coefficient (Wildman–Crippen LogP) is 3.90. The summed E-state index contributed by atoms with van der Waals surface area (Å²) in [5, 5.41) is 7.28. The molecule has 0 atom stereocenters. The summed E-state index contributed by atoms with van der Waals surface area (Å²) in [6.07, 6.45) is 3.51. The number of rotatable bonds is 11. The molecule has 0 saturated carbocycles. The number of nitrogens with zero attached hydrogens (tertiary/aromatic N) is 4. The third-order valence-electron chi connectivity index (χ3n) is 6.11. The minimum absolute atomic E-state index is 0.0638.